The zero-order chi connectivity index (χ0) is 12.7. The number of hydrogen-bond donors (Lipinski definition) is 2. The average molecular weight is 262 g/mol. The minimum atomic E-state index is -3.05. The van der Waals surface area contributed by atoms with Crippen LogP contribution >= 0.6 is 0 Å². The Kier molecular flexibility index (Phi) is 6.44. The first kappa shape index (κ1) is 14.9. The Hall–Kier alpha value is -0.130. The molecule has 0 saturated carbocycles. The highest BCUT2D eigenvalue weighted by molar-refractivity contribution is 7.89. The molecule has 0 radical (unpaired) electrons. The minimum Gasteiger partial charge on any atom is -0.316 e. The van der Waals surface area contributed by atoms with E-state index in [1.54, 1.807) is 0 Å². The lowest BCUT2D eigenvalue weighted by Gasteiger charge is -2.22. The summed E-state index contributed by atoms with van der Waals surface area (Å²) in [7, 11) is -3.05. The summed E-state index contributed by atoms with van der Waals surface area (Å²) in [4.78, 5) is 0. The highest BCUT2D eigenvalue weighted by atomic mass is 32.2. The van der Waals surface area contributed by atoms with Crippen molar-refractivity contribution < 1.29 is 8.42 Å². The second-order valence-electron chi connectivity index (χ2n) is 5.40. The molecule has 1 fully saturated rings. The van der Waals surface area contributed by atoms with Gasteiger partial charge in [0.15, 0.2) is 0 Å². The average Bonchev–Trinajstić information content (AvgIpc) is 2.28. The van der Waals surface area contributed by atoms with Crippen LogP contribution in [0.15, 0.2) is 0 Å². The van der Waals surface area contributed by atoms with Crippen molar-refractivity contribution in [3.8, 4) is 0 Å². The Morgan fingerprint density at radius 3 is 2.76 bits per heavy atom. The maximum Gasteiger partial charge on any atom is 0.211 e. The normalized spacial score (nSPS) is 21.9. The van der Waals surface area contributed by atoms with Crippen LogP contribution in [0.2, 0.25) is 0 Å². The first-order chi connectivity index (χ1) is 7.99. The number of piperidine rings is 1. The third-order valence-electron chi connectivity index (χ3n) is 3.24. The molecule has 4 nitrogen and oxygen atoms in total. The van der Waals surface area contributed by atoms with E-state index in [9.17, 15) is 8.42 Å². The molecule has 1 aliphatic heterocycles. The quantitative estimate of drug-likeness (QED) is 0.728. The van der Waals surface area contributed by atoms with Gasteiger partial charge in [-0.1, -0.05) is 13.8 Å². The van der Waals surface area contributed by atoms with E-state index in [1.165, 1.54) is 12.8 Å². The second-order valence-corrected chi connectivity index (χ2v) is 7.32. The fraction of sp³-hybridized carbons (Fsp3) is 1.00. The Morgan fingerprint density at radius 2 is 2.18 bits per heavy atom. The van der Waals surface area contributed by atoms with Crippen LogP contribution in [-0.2, 0) is 10.0 Å². The Morgan fingerprint density at radius 1 is 1.41 bits per heavy atom. The Balaban J connectivity index is 2.15. The van der Waals surface area contributed by atoms with Crippen molar-refractivity contribution in [2.24, 2.45) is 11.8 Å². The maximum atomic E-state index is 11.6. The van der Waals surface area contributed by atoms with E-state index in [0.717, 1.165) is 25.9 Å². The lowest BCUT2D eigenvalue weighted by Crippen LogP contribution is -2.34. The molecule has 2 N–H and O–H groups in total. The summed E-state index contributed by atoms with van der Waals surface area (Å²) in [6, 6.07) is 0. The molecule has 0 aromatic carbocycles. The minimum absolute atomic E-state index is 0.258. The van der Waals surface area contributed by atoms with E-state index in [4.69, 9.17) is 0 Å². The van der Waals surface area contributed by atoms with Gasteiger partial charge in [-0.15, -0.1) is 0 Å². The molecule has 1 atom stereocenters. The summed E-state index contributed by atoms with van der Waals surface area (Å²) >= 11 is 0. The zero-order valence-corrected chi connectivity index (χ0v) is 11.9. The molecule has 1 unspecified atom stereocenters. The lowest BCUT2D eigenvalue weighted by molar-refractivity contribution is 0.358. The van der Waals surface area contributed by atoms with Crippen molar-refractivity contribution in [3.63, 3.8) is 0 Å². The molecule has 1 saturated heterocycles. The smallest absolute Gasteiger partial charge is 0.211 e. The van der Waals surface area contributed by atoms with Crippen LogP contribution in [0.5, 0.6) is 0 Å². The summed E-state index contributed by atoms with van der Waals surface area (Å²) in [5.41, 5.74) is 0. The van der Waals surface area contributed by atoms with Gasteiger partial charge in [0.25, 0.3) is 0 Å². The first-order valence-corrected chi connectivity index (χ1v) is 8.33. The maximum absolute atomic E-state index is 11.6. The Bertz CT molecular complexity index is 296. The molecule has 5 heteroatoms. The van der Waals surface area contributed by atoms with E-state index >= 15 is 0 Å². The highest BCUT2D eigenvalue weighted by Gasteiger charge is 2.15. The highest BCUT2D eigenvalue weighted by Crippen LogP contribution is 2.13. The van der Waals surface area contributed by atoms with Crippen molar-refractivity contribution in [2.75, 3.05) is 25.4 Å². The van der Waals surface area contributed by atoms with Crippen molar-refractivity contribution in [2.45, 2.75) is 39.5 Å². The van der Waals surface area contributed by atoms with Gasteiger partial charge in [-0.3, -0.25) is 0 Å². The molecule has 0 spiro atoms. The first-order valence-electron chi connectivity index (χ1n) is 6.67. The van der Waals surface area contributed by atoms with E-state index in [-0.39, 0.29) is 5.75 Å². The molecular formula is C12H26N2O2S. The second kappa shape index (κ2) is 7.34. The van der Waals surface area contributed by atoms with Crippen LogP contribution in [0.1, 0.15) is 39.5 Å². The number of rotatable bonds is 7. The molecule has 0 aromatic heterocycles. The number of sulfonamides is 1. The van der Waals surface area contributed by atoms with Gasteiger partial charge in [0.1, 0.15) is 0 Å². The van der Waals surface area contributed by atoms with E-state index in [2.05, 4.69) is 10.0 Å². The van der Waals surface area contributed by atoms with Gasteiger partial charge < -0.3 is 5.32 Å². The molecule has 0 bridgehead atoms. The van der Waals surface area contributed by atoms with Crippen molar-refractivity contribution in [3.05, 3.63) is 0 Å². The predicted molar refractivity (Wildman–Crippen MR) is 71.5 cm³/mol. The summed E-state index contributed by atoms with van der Waals surface area (Å²) < 4.78 is 26.0. The third-order valence-corrected chi connectivity index (χ3v) is 4.65. The van der Waals surface area contributed by atoms with Gasteiger partial charge in [0, 0.05) is 6.54 Å². The molecule has 1 rings (SSSR count). The molecular weight excluding hydrogens is 236 g/mol. The molecule has 102 valence electrons. The zero-order valence-electron chi connectivity index (χ0n) is 11.0. The fourth-order valence-corrected chi connectivity index (χ4v) is 3.41. The molecule has 17 heavy (non-hydrogen) atoms. The predicted octanol–water partition coefficient (Wildman–Crippen LogP) is 1.34. The van der Waals surface area contributed by atoms with E-state index in [0.29, 0.717) is 18.4 Å². The largest absolute Gasteiger partial charge is 0.316 e. The topological polar surface area (TPSA) is 58.2 Å². The lowest BCUT2D eigenvalue weighted by atomic mass is 9.96. The van der Waals surface area contributed by atoms with Crippen LogP contribution in [0, 0.1) is 11.8 Å². The van der Waals surface area contributed by atoms with Gasteiger partial charge in [0.2, 0.25) is 10.0 Å². The summed E-state index contributed by atoms with van der Waals surface area (Å²) in [5.74, 6) is 1.33. The van der Waals surface area contributed by atoms with Crippen molar-refractivity contribution >= 4 is 10.0 Å². The van der Waals surface area contributed by atoms with Gasteiger partial charge >= 0.3 is 0 Å². The standard InChI is InChI=1S/C12H26N2O2S/c1-11(2)6-9-17(15,16)14-8-5-12-4-3-7-13-10-12/h11-14H,3-10H2,1-2H3. The van der Waals surface area contributed by atoms with E-state index in [1.807, 2.05) is 13.8 Å². The van der Waals surface area contributed by atoms with Crippen LogP contribution in [0.3, 0.4) is 0 Å². The summed E-state index contributed by atoms with van der Waals surface area (Å²) in [6.45, 7) is 6.82. The van der Waals surface area contributed by atoms with E-state index < -0.39 is 10.0 Å². The SMILES string of the molecule is CC(C)CCS(=O)(=O)NCCC1CCCNC1. The Labute approximate surface area is 106 Å². The van der Waals surface area contributed by atoms with Crippen LogP contribution in [0.4, 0.5) is 0 Å². The van der Waals surface area contributed by atoms with Gasteiger partial charge in [-0.25, -0.2) is 13.1 Å². The van der Waals surface area contributed by atoms with Crippen LogP contribution < -0.4 is 10.0 Å². The summed E-state index contributed by atoms with van der Waals surface area (Å²) in [5, 5.41) is 3.35. The van der Waals surface area contributed by atoms with Gasteiger partial charge in [-0.2, -0.15) is 0 Å². The number of hydrogen-bond acceptors (Lipinski definition) is 3. The monoisotopic (exact) mass is 262 g/mol. The molecule has 0 aromatic rings. The molecule has 1 aliphatic rings. The summed E-state index contributed by atoms with van der Waals surface area (Å²) in [6.07, 6.45) is 4.12. The van der Waals surface area contributed by atoms with Crippen molar-refractivity contribution in [1.29, 1.82) is 0 Å². The molecule has 1 heterocycles. The van der Waals surface area contributed by atoms with Gasteiger partial charge in [-0.05, 0) is 50.6 Å². The fourth-order valence-electron chi connectivity index (χ4n) is 2.05. The third kappa shape index (κ3) is 7.01. The van der Waals surface area contributed by atoms with Crippen LogP contribution in [-0.4, -0.2) is 33.8 Å². The van der Waals surface area contributed by atoms with Gasteiger partial charge in [0.05, 0.1) is 5.75 Å². The van der Waals surface area contributed by atoms with Crippen molar-refractivity contribution in [1.82, 2.24) is 10.0 Å². The number of nitrogens with one attached hydrogen (secondary N) is 2. The molecule has 0 aliphatic carbocycles. The van der Waals surface area contributed by atoms with Crippen LogP contribution in [0.25, 0.3) is 0 Å². The molecule has 0 amide bonds.